The summed E-state index contributed by atoms with van der Waals surface area (Å²) < 4.78 is 27.3. The van der Waals surface area contributed by atoms with E-state index in [0.717, 1.165) is 16.3 Å². The van der Waals surface area contributed by atoms with Crippen LogP contribution in [0, 0.1) is 0 Å². The Morgan fingerprint density at radius 2 is 1.43 bits per heavy atom. The summed E-state index contributed by atoms with van der Waals surface area (Å²) in [6.45, 7) is 0.288. The minimum absolute atomic E-state index is 0.288. The highest BCUT2D eigenvalue weighted by molar-refractivity contribution is 7.89. The van der Waals surface area contributed by atoms with Gasteiger partial charge >= 0.3 is 0 Å². The van der Waals surface area contributed by atoms with Crippen LogP contribution in [-0.4, -0.2) is 8.42 Å². The molecule has 0 amide bonds. The smallest absolute Gasteiger partial charge is 0.207 e. The highest BCUT2D eigenvalue weighted by Crippen LogP contribution is 2.19. The summed E-state index contributed by atoms with van der Waals surface area (Å²) in [5, 5.41) is 1.94. The van der Waals surface area contributed by atoms with Crippen molar-refractivity contribution < 1.29 is 8.42 Å². The van der Waals surface area contributed by atoms with E-state index < -0.39 is 10.0 Å². The zero-order chi connectivity index (χ0) is 14.7. The van der Waals surface area contributed by atoms with E-state index in [1.807, 2.05) is 60.7 Å². The fraction of sp³-hybridized carbons (Fsp3) is 0.0588. The van der Waals surface area contributed by atoms with Crippen molar-refractivity contribution >= 4 is 20.8 Å². The lowest BCUT2D eigenvalue weighted by atomic mass is 10.1. The molecule has 0 atom stereocenters. The largest absolute Gasteiger partial charge is 0.240 e. The van der Waals surface area contributed by atoms with Gasteiger partial charge in [0.25, 0.3) is 0 Å². The van der Waals surface area contributed by atoms with Gasteiger partial charge in [-0.2, -0.15) is 0 Å². The van der Waals surface area contributed by atoms with Crippen molar-refractivity contribution in [2.75, 3.05) is 0 Å². The van der Waals surface area contributed by atoms with Crippen LogP contribution in [0.4, 0.5) is 0 Å². The summed E-state index contributed by atoms with van der Waals surface area (Å²) in [5.41, 5.74) is 0.932. The van der Waals surface area contributed by atoms with Crippen molar-refractivity contribution in [3.8, 4) is 0 Å². The van der Waals surface area contributed by atoms with Crippen LogP contribution in [0.2, 0.25) is 0 Å². The molecule has 0 saturated carbocycles. The first-order valence-corrected chi connectivity index (χ1v) is 8.16. The van der Waals surface area contributed by atoms with Crippen LogP contribution in [-0.2, 0) is 16.6 Å². The van der Waals surface area contributed by atoms with Gasteiger partial charge in [-0.25, -0.2) is 13.1 Å². The van der Waals surface area contributed by atoms with E-state index in [1.54, 1.807) is 12.1 Å². The lowest BCUT2D eigenvalue weighted by Gasteiger charge is -2.08. The van der Waals surface area contributed by atoms with Gasteiger partial charge in [-0.1, -0.05) is 60.7 Å². The quantitative estimate of drug-likeness (QED) is 0.803. The average Bonchev–Trinajstić information content (AvgIpc) is 2.53. The molecule has 0 aromatic heterocycles. The minimum Gasteiger partial charge on any atom is -0.207 e. The zero-order valence-electron chi connectivity index (χ0n) is 11.4. The van der Waals surface area contributed by atoms with Crippen molar-refractivity contribution in [2.45, 2.75) is 11.4 Å². The van der Waals surface area contributed by atoms with Gasteiger partial charge in [0.1, 0.15) is 0 Å². The lowest BCUT2D eigenvalue weighted by Crippen LogP contribution is -2.23. The number of benzene rings is 3. The third-order valence-corrected chi connectivity index (χ3v) is 4.74. The molecule has 3 nitrogen and oxygen atoms in total. The van der Waals surface area contributed by atoms with Crippen LogP contribution in [0.1, 0.15) is 5.56 Å². The molecule has 0 bridgehead atoms. The molecule has 3 rings (SSSR count). The molecule has 1 N–H and O–H groups in total. The SMILES string of the molecule is O=S(=O)(NCc1ccccc1)c1ccc2ccccc2c1. The van der Waals surface area contributed by atoms with E-state index in [2.05, 4.69) is 4.72 Å². The third kappa shape index (κ3) is 3.12. The van der Waals surface area contributed by atoms with Gasteiger partial charge < -0.3 is 0 Å². The fourth-order valence-electron chi connectivity index (χ4n) is 2.19. The van der Waals surface area contributed by atoms with Crippen LogP contribution < -0.4 is 4.72 Å². The number of sulfonamides is 1. The molecule has 4 heteroatoms. The topological polar surface area (TPSA) is 46.2 Å². The highest BCUT2D eigenvalue weighted by Gasteiger charge is 2.13. The van der Waals surface area contributed by atoms with Crippen molar-refractivity contribution in [3.05, 3.63) is 78.4 Å². The Hall–Kier alpha value is -2.17. The molecule has 3 aromatic rings. The van der Waals surface area contributed by atoms with Gasteiger partial charge in [-0.3, -0.25) is 0 Å². The van der Waals surface area contributed by atoms with Gasteiger partial charge in [-0.15, -0.1) is 0 Å². The van der Waals surface area contributed by atoms with Crippen LogP contribution in [0.25, 0.3) is 10.8 Å². The number of hydrogen-bond donors (Lipinski definition) is 1. The standard InChI is InChI=1S/C17H15NO2S/c19-21(20,18-13-14-6-2-1-3-7-14)17-11-10-15-8-4-5-9-16(15)12-17/h1-12,18H,13H2. The average molecular weight is 297 g/mol. The van der Waals surface area contributed by atoms with Gasteiger partial charge in [0, 0.05) is 6.54 Å². The van der Waals surface area contributed by atoms with E-state index in [1.165, 1.54) is 0 Å². The molecular formula is C17H15NO2S. The lowest BCUT2D eigenvalue weighted by molar-refractivity contribution is 0.581. The van der Waals surface area contributed by atoms with E-state index >= 15 is 0 Å². The molecule has 0 fully saturated rings. The van der Waals surface area contributed by atoms with Crippen LogP contribution in [0.3, 0.4) is 0 Å². The second-order valence-electron chi connectivity index (χ2n) is 4.82. The molecule has 0 aliphatic carbocycles. The summed E-state index contributed by atoms with van der Waals surface area (Å²) in [6.07, 6.45) is 0. The van der Waals surface area contributed by atoms with Crippen molar-refractivity contribution in [1.29, 1.82) is 0 Å². The summed E-state index contributed by atoms with van der Waals surface area (Å²) >= 11 is 0. The second kappa shape index (κ2) is 5.68. The minimum atomic E-state index is -3.50. The van der Waals surface area contributed by atoms with Crippen LogP contribution in [0.15, 0.2) is 77.7 Å². The first kappa shape index (κ1) is 13.8. The second-order valence-corrected chi connectivity index (χ2v) is 6.59. The fourth-order valence-corrected chi connectivity index (χ4v) is 3.24. The third-order valence-electron chi connectivity index (χ3n) is 3.34. The maximum Gasteiger partial charge on any atom is 0.240 e. The Labute approximate surface area is 124 Å². The molecule has 0 aliphatic rings. The molecule has 0 saturated heterocycles. The first-order chi connectivity index (χ1) is 10.1. The van der Waals surface area contributed by atoms with E-state index in [-0.39, 0.29) is 11.4 Å². The summed E-state index contributed by atoms with van der Waals surface area (Å²) in [4.78, 5) is 0.289. The monoisotopic (exact) mass is 297 g/mol. The van der Waals surface area contributed by atoms with Crippen molar-refractivity contribution in [3.63, 3.8) is 0 Å². The van der Waals surface area contributed by atoms with Crippen molar-refractivity contribution in [1.82, 2.24) is 4.72 Å². The van der Waals surface area contributed by atoms with Gasteiger partial charge in [0.15, 0.2) is 0 Å². The first-order valence-electron chi connectivity index (χ1n) is 6.67. The highest BCUT2D eigenvalue weighted by atomic mass is 32.2. The predicted molar refractivity (Wildman–Crippen MR) is 84.4 cm³/mol. The molecule has 106 valence electrons. The molecule has 21 heavy (non-hydrogen) atoms. The molecule has 0 radical (unpaired) electrons. The summed E-state index contributed by atoms with van der Waals surface area (Å²) in [6, 6.07) is 22.3. The van der Waals surface area contributed by atoms with E-state index in [0.29, 0.717) is 0 Å². The Morgan fingerprint density at radius 3 is 2.19 bits per heavy atom. The molecule has 0 heterocycles. The van der Waals surface area contributed by atoms with Gasteiger partial charge in [0.05, 0.1) is 4.90 Å². The maximum absolute atomic E-state index is 12.3. The van der Waals surface area contributed by atoms with Crippen LogP contribution >= 0.6 is 0 Å². The van der Waals surface area contributed by atoms with E-state index in [4.69, 9.17) is 0 Å². The summed E-state index contributed by atoms with van der Waals surface area (Å²) in [5.74, 6) is 0. The Balaban J connectivity index is 1.86. The zero-order valence-corrected chi connectivity index (χ0v) is 12.2. The molecule has 3 aromatic carbocycles. The Bertz CT molecular complexity index is 858. The Kier molecular flexibility index (Phi) is 3.73. The van der Waals surface area contributed by atoms with Gasteiger partial charge in [-0.05, 0) is 28.5 Å². The molecule has 0 unspecified atom stereocenters. The maximum atomic E-state index is 12.3. The summed E-state index contributed by atoms with van der Waals surface area (Å²) in [7, 11) is -3.50. The molecule has 0 spiro atoms. The van der Waals surface area contributed by atoms with Crippen LogP contribution in [0.5, 0.6) is 0 Å². The normalized spacial score (nSPS) is 11.6. The number of hydrogen-bond acceptors (Lipinski definition) is 2. The number of fused-ring (bicyclic) bond motifs is 1. The molecule has 0 aliphatic heterocycles. The van der Waals surface area contributed by atoms with E-state index in [9.17, 15) is 8.42 Å². The Morgan fingerprint density at radius 1 is 0.762 bits per heavy atom. The van der Waals surface area contributed by atoms with Crippen molar-refractivity contribution in [2.24, 2.45) is 0 Å². The van der Waals surface area contributed by atoms with Gasteiger partial charge in [0.2, 0.25) is 10.0 Å². The number of rotatable bonds is 4. The predicted octanol–water partition coefficient (Wildman–Crippen LogP) is 3.32. The molecular weight excluding hydrogens is 282 g/mol. The number of nitrogens with one attached hydrogen (secondary N) is 1.